The molecule has 0 saturated heterocycles. The van der Waals surface area contributed by atoms with Crippen molar-refractivity contribution in [3.8, 4) is 5.75 Å². The van der Waals surface area contributed by atoms with Crippen molar-refractivity contribution in [2.24, 2.45) is 5.92 Å². The highest BCUT2D eigenvalue weighted by atomic mass is 16.5. The van der Waals surface area contributed by atoms with Crippen LogP contribution in [0, 0.1) is 19.8 Å². The highest BCUT2D eigenvalue weighted by Crippen LogP contribution is 2.29. The van der Waals surface area contributed by atoms with E-state index in [0.717, 1.165) is 16.5 Å². The molecule has 7 heteroatoms. The number of hydrogen-bond acceptors (Lipinski definition) is 5. The van der Waals surface area contributed by atoms with Crippen molar-refractivity contribution in [1.82, 2.24) is 5.32 Å². The zero-order chi connectivity index (χ0) is 21.0. The normalized spacial score (nSPS) is 13.2. The summed E-state index contributed by atoms with van der Waals surface area (Å²) in [6, 6.07) is 2.69. The Bertz CT molecular complexity index is 946. The smallest absolute Gasteiger partial charge is 0.339 e. The lowest BCUT2D eigenvalue weighted by Gasteiger charge is -2.20. The van der Waals surface area contributed by atoms with Crippen molar-refractivity contribution in [2.75, 3.05) is 7.11 Å². The second-order valence-corrected chi connectivity index (χ2v) is 7.03. The standard InChI is InChI=1S/C21H27NO6/c1-6-11(2)18(20(24)25)22-17(23)10-8-15-12(3)14-7-9-16(27-5)13(4)19(14)28-21(15)26/h7,9,11,18H,6,8,10H2,1-5H3,(H,22,23)(H,24,25)/t11-,18+/m0/s1. The number of aliphatic carboxylic acids is 1. The van der Waals surface area contributed by atoms with E-state index in [-0.39, 0.29) is 18.8 Å². The summed E-state index contributed by atoms with van der Waals surface area (Å²) < 4.78 is 10.8. The molecular formula is C21H27NO6. The Kier molecular flexibility index (Phi) is 6.83. The van der Waals surface area contributed by atoms with Crippen molar-refractivity contribution in [3.63, 3.8) is 0 Å². The summed E-state index contributed by atoms with van der Waals surface area (Å²) in [6.45, 7) is 7.28. The second kappa shape index (κ2) is 8.91. The van der Waals surface area contributed by atoms with Crippen molar-refractivity contribution in [3.05, 3.63) is 39.2 Å². The fourth-order valence-corrected chi connectivity index (χ4v) is 3.25. The van der Waals surface area contributed by atoms with Crippen molar-refractivity contribution >= 4 is 22.8 Å². The second-order valence-electron chi connectivity index (χ2n) is 7.03. The zero-order valence-electron chi connectivity index (χ0n) is 16.9. The fraction of sp³-hybridized carbons (Fsp3) is 0.476. The molecule has 152 valence electrons. The summed E-state index contributed by atoms with van der Waals surface area (Å²) in [4.78, 5) is 36.1. The molecule has 0 aliphatic carbocycles. The molecule has 0 aliphatic heterocycles. The molecule has 2 aromatic rings. The lowest BCUT2D eigenvalue weighted by molar-refractivity contribution is -0.143. The number of ether oxygens (including phenoxy) is 1. The molecule has 0 spiro atoms. The summed E-state index contributed by atoms with van der Waals surface area (Å²) in [5.74, 6) is -1.02. The lowest BCUT2D eigenvalue weighted by atomic mass is 9.98. The van der Waals surface area contributed by atoms with Gasteiger partial charge < -0.3 is 19.6 Å². The third kappa shape index (κ3) is 4.35. The average molecular weight is 389 g/mol. The van der Waals surface area contributed by atoms with Crippen LogP contribution in [0.15, 0.2) is 21.3 Å². The number of benzene rings is 1. The number of aryl methyl sites for hydroxylation is 2. The van der Waals surface area contributed by atoms with Crippen LogP contribution >= 0.6 is 0 Å². The van der Waals surface area contributed by atoms with Gasteiger partial charge >= 0.3 is 11.6 Å². The monoisotopic (exact) mass is 389 g/mol. The Balaban J connectivity index is 2.24. The quantitative estimate of drug-likeness (QED) is 0.673. The van der Waals surface area contributed by atoms with Crippen LogP contribution < -0.4 is 15.7 Å². The van der Waals surface area contributed by atoms with Gasteiger partial charge in [0.1, 0.15) is 17.4 Å². The van der Waals surface area contributed by atoms with E-state index in [2.05, 4.69) is 5.32 Å². The molecular weight excluding hydrogens is 362 g/mol. The molecule has 1 heterocycles. The summed E-state index contributed by atoms with van der Waals surface area (Å²) in [5.41, 5.74) is 1.88. The minimum atomic E-state index is -1.06. The number of amides is 1. The minimum Gasteiger partial charge on any atom is -0.496 e. The number of hydrogen-bond donors (Lipinski definition) is 2. The predicted octanol–water partition coefficient (Wildman–Crippen LogP) is 2.97. The van der Waals surface area contributed by atoms with Gasteiger partial charge in [0, 0.05) is 22.9 Å². The maximum atomic E-state index is 12.5. The molecule has 2 N–H and O–H groups in total. The number of carbonyl (C=O) groups excluding carboxylic acids is 1. The first kappa shape index (κ1) is 21.5. The van der Waals surface area contributed by atoms with Gasteiger partial charge in [0.15, 0.2) is 0 Å². The van der Waals surface area contributed by atoms with Crippen LogP contribution in [0.4, 0.5) is 0 Å². The van der Waals surface area contributed by atoms with Gasteiger partial charge in [0.2, 0.25) is 5.91 Å². The van der Waals surface area contributed by atoms with Crippen LogP contribution in [-0.2, 0) is 16.0 Å². The van der Waals surface area contributed by atoms with Gasteiger partial charge in [-0.1, -0.05) is 20.3 Å². The molecule has 0 saturated carbocycles. The molecule has 0 aliphatic rings. The van der Waals surface area contributed by atoms with Gasteiger partial charge in [-0.2, -0.15) is 0 Å². The highest BCUT2D eigenvalue weighted by Gasteiger charge is 2.25. The van der Waals surface area contributed by atoms with Gasteiger partial charge in [-0.05, 0) is 43.9 Å². The number of methoxy groups -OCH3 is 1. The van der Waals surface area contributed by atoms with Gasteiger partial charge in [0.05, 0.1) is 7.11 Å². The zero-order valence-corrected chi connectivity index (χ0v) is 16.9. The Morgan fingerprint density at radius 1 is 1.25 bits per heavy atom. The summed E-state index contributed by atoms with van der Waals surface area (Å²) in [5, 5.41) is 12.6. The van der Waals surface area contributed by atoms with Crippen LogP contribution in [-0.4, -0.2) is 30.1 Å². The Hall–Kier alpha value is -2.83. The Morgan fingerprint density at radius 2 is 1.93 bits per heavy atom. The molecule has 7 nitrogen and oxygen atoms in total. The predicted molar refractivity (Wildman–Crippen MR) is 106 cm³/mol. The fourth-order valence-electron chi connectivity index (χ4n) is 3.25. The first-order chi connectivity index (χ1) is 13.2. The first-order valence-corrected chi connectivity index (χ1v) is 9.33. The number of carboxylic acid groups (broad SMARTS) is 1. The molecule has 1 aromatic heterocycles. The summed E-state index contributed by atoms with van der Waals surface area (Å²) in [7, 11) is 1.55. The van der Waals surface area contributed by atoms with Gasteiger partial charge in [-0.25, -0.2) is 9.59 Å². The van der Waals surface area contributed by atoms with E-state index in [1.54, 1.807) is 14.0 Å². The molecule has 28 heavy (non-hydrogen) atoms. The SMILES string of the molecule is CC[C@H](C)[C@@H](NC(=O)CCc1c(C)c2ccc(OC)c(C)c2oc1=O)C(=O)O. The topological polar surface area (TPSA) is 106 Å². The Morgan fingerprint density at radius 3 is 2.50 bits per heavy atom. The number of carbonyl (C=O) groups is 2. The Labute approximate surface area is 163 Å². The maximum absolute atomic E-state index is 12.5. The van der Waals surface area contributed by atoms with E-state index in [1.165, 1.54) is 0 Å². The van der Waals surface area contributed by atoms with E-state index in [4.69, 9.17) is 9.15 Å². The molecule has 0 bridgehead atoms. The van der Waals surface area contributed by atoms with E-state index < -0.39 is 23.5 Å². The van der Waals surface area contributed by atoms with E-state index >= 15 is 0 Å². The van der Waals surface area contributed by atoms with Crippen molar-refractivity contribution in [2.45, 2.75) is 53.0 Å². The molecule has 0 fully saturated rings. The van der Waals surface area contributed by atoms with Crippen molar-refractivity contribution < 1.29 is 23.8 Å². The third-order valence-electron chi connectivity index (χ3n) is 5.27. The molecule has 2 rings (SSSR count). The summed E-state index contributed by atoms with van der Waals surface area (Å²) in [6.07, 6.45) is 0.813. The first-order valence-electron chi connectivity index (χ1n) is 9.33. The molecule has 1 aromatic carbocycles. The van der Waals surface area contributed by atoms with Crippen LogP contribution in [0.25, 0.3) is 11.0 Å². The molecule has 0 radical (unpaired) electrons. The number of nitrogens with one attached hydrogen (secondary N) is 1. The van der Waals surface area contributed by atoms with Crippen LogP contribution in [0.5, 0.6) is 5.75 Å². The largest absolute Gasteiger partial charge is 0.496 e. The minimum absolute atomic E-state index is 0.00641. The number of fused-ring (bicyclic) bond motifs is 1. The highest BCUT2D eigenvalue weighted by molar-refractivity contribution is 5.86. The van der Waals surface area contributed by atoms with E-state index in [0.29, 0.717) is 23.3 Å². The molecule has 0 unspecified atom stereocenters. The number of rotatable bonds is 8. The van der Waals surface area contributed by atoms with Crippen LogP contribution in [0.2, 0.25) is 0 Å². The van der Waals surface area contributed by atoms with Gasteiger partial charge in [0.25, 0.3) is 0 Å². The third-order valence-corrected chi connectivity index (χ3v) is 5.27. The van der Waals surface area contributed by atoms with Crippen LogP contribution in [0.1, 0.15) is 43.4 Å². The summed E-state index contributed by atoms with van der Waals surface area (Å²) >= 11 is 0. The van der Waals surface area contributed by atoms with Crippen LogP contribution in [0.3, 0.4) is 0 Å². The van der Waals surface area contributed by atoms with Crippen molar-refractivity contribution in [1.29, 1.82) is 0 Å². The lowest BCUT2D eigenvalue weighted by Crippen LogP contribution is -2.45. The maximum Gasteiger partial charge on any atom is 0.339 e. The molecule has 1 amide bonds. The van der Waals surface area contributed by atoms with Gasteiger partial charge in [-0.15, -0.1) is 0 Å². The number of carboxylic acids is 1. The van der Waals surface area contributed by atoms with Gasteiger partial charge in [-0.3, -0.25) is 4.79 Å². The molecule has 2 atom stereocenters. The van der Waals surface area contributed by atoms with E-state index in [9.17, 15) is 19.5 Å². The average Bonchev–Trinajstić information content (AvgIpc) is 2.66. The van der Waals surface area contributed by atoms with E-state index in [1.807, 2.05) is 32.9 Å².